The van der Waals surface area contributed by atoms with E-state index in [9.17, 15) is 0 Å². The molecule has 1 N–H and O–H groups in total. The van der Waals surface area contributed by atoms with Gasteiger partial charge in [0.1, 0.15) is 0 Å². The summed E-state index contributed by atoms with van der Waals surface area (Å²) in [6, 6.07) is 4.05. The van der Waals surface area contributed by atoms with Crippen LogP contribution in [0, 0.1) is 0 Å². The summed E-state index contributed by atoms with van der Waals surface area (Å²) in [5.41, 5.74) is 0.744. The number of rotatable bonds is 3. The SMILES string of the molecule is C(=Nc1nc(N2CCCCC2)nc2[nH]ncc12)c1cccs1. The van der Waals surface area contributed by atoms with Gasteiger partial charge in [0.15, 0.2) is 11.5 Å². The summed E-state index contributed by atoms with van der Waals surface area (Å²) in [5, 5.41) is 9.90. The molecule has 3 aromatic heterocycles. The van der Waals surface area contributed by atoms with Crippen LogP contribution in [0.15, 0.2) is 28.7 Å². The molecule has 1 saturated heterocycles. The minimum Gasteiger partial charge on any atom is -0.341 e. The van der Waals surface area contributed by atoms with E-state index >= 15 is 0 Å². The molecular weight excluding hydrogens is 296 g/mol. The Hall–Kier alpha value is -2.28. The summed E-state index contributed by atoms with van der Waals surface area (Å²) in [7, 11) is 0. The molecule has 1 aliphatic rings. The number of H-pyrrole nitrogens is 1. The average Bonchev–Trinajstić information content (AvgIpc) is 3.24. The quantitative estimate of drug-likeness (QED) is 0.754. The van der Waals surface area contributed by atoms with Gasteiger partial charge in [0.05, 0.1) is 11.6 Å². The van der Waals surface area contributed by atoms with Crippen molar-refractivity contribution in [2.24, 2.45) is 4.99 Å². The molecule has 0 atom stereocenters. The van der Waals surface area contributed by atoms with Crippen LogP contribution in [0.5, 0.6) is 0 Å². The van der Waals surface area contributed by atoms with Crippen molar-refractivity contribution in [1.29, 1.82) is 0 Å². The number of aliphatic imine (C=N–C) groups is 1. The third-order valence-electron chi connectivity index (χ3n) is 3.77. The first-order valence-corrected chi connectivity index (χ1v) is 8.32. The van der Waals surface area contributed by atoms with E-state index in [1.807, 2.05) is 23.7 Å². The van der Waals surface area contributed by atoms with Crippen LogP contribution >= 0.6 is 11.3 Å². The molecule has 3 aromatic rings. The molecule has 0 amide bonds. The van der Waals surface area contributed by atoms with Gasteiger partial charge in [-0.05, 0) is 30.7 Å². The van der Waals surface area contributed by atoms with Gasteiger partial charge in [-0.2, -0.15) is 15.1 Å². The van der Waals surface area contributed by atoms with Crippen molar-refractivity contribution in [2.75, 3.05) is 18.0 Å². The normalized spacial score (nSPS) is 15.9. The van der Waals surface area contributed by atoms with E-state index in [0.29, 0.717) is 5.82 Å². The van der Waals surface area contributed by atoms with Crippen LogP contribution in [0.2, 0.25) is 0 Å². The molecule has 6 nitrogen and oxygen atoms in total. The number of aromatic nitrogens is 4. The Morgan fingerprint density at radius 1 is 1.23 bits per heavy atom. The van der Waals surface area contributed by atoms with Gasteiger partial charge in [0.25, 0.3) is 0 Å². The fourth-order valence-electron chi connectivity index (χ4n) is 2.63. The standard InChI is InChI=1S/C15H16N6S/c1-2-6-21(7-3-1)15-18-13(12-10-17-20-14(12)19-15)16-9-11-5-4-8-22-11/h4-5,8-10H,1-3,6-7H2,(H,17,18,19,20). The Kier molecular flexibility index (Phi) is 3.56. The van der Waals surface area contributed by atoms with E-state index in [1.165, 1.54) is 19.3 Å². The first kappa shape index (κ1) is 13.4. The van der Waals surface area contributed by atoms with Gasteiger partial charge in [0, 0.05) is 24.2 Å². The Bertz CT molecular complexity index is 786. The summed E-state index contributed by atoms with van der Waals surface area (Å²) in [4.78, 5) is 17.1. The zero-order valence-electron chi connectivity index (χ0n) is 12.1. The summed E-state index contributed by atoms with van der Waals surface area (Å²) >= 11 is 1.66. The van der Waals surface area contributed by atoms with E-state index in [-0.39, 0.29) is 0 Å². The van der Waals surface area contributed by atoms with Crippen LogP contribution in [0.3, 0.4) is 0 Å². The molecular formula is C15H16N6S. The van der Waals surface area contributed by atoms with Gasteiger partial charge in [-0.1, -0.05) is 6.07 Å². The molecule has 0 spiro atoms. The summed E-state index contributed by atoms with van der Waals surface area (Å²) in [6.07, 6.45) is 7.25. The maximum Gasteiger partial charge on any atom is 0.229 e. The van der Waals surface area contributed by atoms with Crippen molar-refractivity contribution < 1.29 is 0 Å². The molecule has 0 aromatic carbocycles. The van der Waals surface area contributed by atoms with Gasteiger partial charge < -0.3 is 4.90 Å². The van der Waals surface area contributed by atoms with E-state index < -0.39 is 0 Å². The number of anilines is 1. The third kappa shape index (κ3) is 2.59. The van der Waals surface area contributed by atoms with E-state index in [1.54, 1.807) is 17.5 Å². The monoisotopic (exact) mass is 312 g/mol. The zero-order chi connectivity index (χ0) is 14.8. The minimum atomic E-state index is 0.674. The zero-order valence-corrected chi connectivity index (χ0v) is 12.9. The number of thiophene rings is 1. The number of fused-ring (bicyclic) bond motifs is 1. The van der Waals surface area contributed by atoms with E-state index in [2.05, 4.69) is 30.1 Å². The Morgan fingerprint density at radius 2 is 2.14 bits per heavy atom. The van der Waals surface area contributed by atoms with Crippen LogP contribution in [0.1, 0.15) is 24.1 Å². The minimum absolute atomic E-state index is 0.674. The molecule has 1 fully saturated rings. The number of piperidine rings is 1. The van der Waals surface area contributed by atoms with Crippen LogP contribution in [0.25, 0.3) is 11.0 Å². The third-order valence-corrected chi connectivity index (χ3v) is 4.58. The van der Waals surface area contributed by atoms with Crippen LogP contribution in [-0.4, -0.2) is 39.5 Å². The van der Waals surface area contributed by atoms with Crippen molar-refractivity contribution in [3.63, 3.8) is 0 Å². The highest BCUT2D eigenvalue weighted by Gasteiger charge is 2.16. The Morgan fingerprint density at radius 3 is 2.95 bits per heavy atom. The van der Waals surface area contributed by atoms with Crippen molar-refractivity contribution in [2.45, 2.75) is 19.3 Å². The van der Waals surface area contributed by atoms with Crippen LogP contribution in [0.4, 0.5) is 11.8 Å². The second-order valence-corrected chi connectivity index (χ2v) is 6.28. The smallest absolute Gasteiger partial charge is 0.229 e. The molecule has 4 heterocycles. The molecule has 4 rings (SSSR count). The molecule has 1 aliphatic heterocycles. The maximum absolute atomic E-state index is 4.66. The second-order valence-electron chi connectivity index (χ2n) is 5.30. The van der Waals surface area contributed by atoms with Crippen molar-refractivity contribution in [3.05, 3.63) is 28.6 Å². The van der Waals surface area contributed by atoms with Crippen molar-refractivity contribution >= 4 is 40.4 Å². The predicted octanol–water partition coefficient (Wildman–Crippen LogP) is 3.16. The second kappa shape index (κ2) is 5.84. The highest BCUT2D eigenvalue weighted by Crippen LogP contribution is 2.25. The summed E-state index contributed by atoms with van der Waals surface area (Å²) in [6.45, 7) is 2.02. The number of nitrogens with zero attached hydrogens (tertiary/aromatic N) is 5. The lowest BCUT2D eigenvalue weighted by Crippen LogP contribution is -2.30. The predicted molar refractivity (Wildman–Crippen MR) is 89.3 cm³/mol. The summed E-state index contributed by atoms with van der Waals surface area (Å²) in [5.74, 6) is 1.42. The number of aromatic amines is 1. The lowest BCUT2D eigenvalue weighted by Gasteiger charge is -2.26. The Labute approximate surface area is 131 Å². The molecule has 0 radical (unpaired) electrons. The number of hydrogen-bond donors (Lipinski definition) is 1. The lowest BCUT2D eigenvalue weighted by molar-refractivity contribution is 0.569. The fraction of sp³-hybridized carbons (Fsp3) is 0.333. The topological polar surface area (TPSA) is 70.1 Å². The summed E-state index contributed by atoms with van der Waals surface area (Å²) < 4.78 is 0. The molecule has 0 unspecified atom stereocenters. The maximum atomic E-state index is 4.66. The fourth-order valence-corrected chi connectivity index (χ4v) is 3.22. The van der Waals surface area contributed by atoms with Gasteiger partial charge in [-0.3, -0.25) is 5.10 Å². The first-order valence-electron chi connectivity index (χ1n) is 7.44. The molecule has 0 aliphatic carbocycles. The van der Waals surface area contributed by atoms with E-state index in [0.717, 1.165) is 34.9 Å². The molecule has 112 valence electrons. The van der Waals surface area contributed by atoms with Crippen molar-refractivity contribution in [3.8, 4) is 0 Å². The first-order chi connectivity index (χ1) is 10.9. The molecule has 7 heteroatoms. The van der Waals surface area contributed by atoms with Gasteiger partial charge in [0.2, 0.25) is 5.95 Å². The van der Waals surface area contributed by atoms with Gasteiger partial charge in [-0.15, -0.1) is 11.3 Å². The number of nitrogens with one attached hydrogen (secondary N) is 1. The van der Waals surface area contributed by atoms with Crippen LogP contribution < -0.4 is 4.90 Å². The Balaban J connectivity index is 1.73. The molecule has 22 heavy (non-hydrogen) atoms. The highest BCUT2D eigenvalue weighted by molar-refractivity contribution is 7.11. The lowest BCUT2D eigenvalue weighted by atomic mass is 10.1. The van der Waals surface area contributed by atoms with Crippen LogP contribution in [-0.2, 0) is 0 Å². The highest BCUT2D eigenvalue weighted by atomic mass is 32.1. The average molecular weight is 312 g/mol. The molecule has 0 saturated carbocycles. The largest absolute Gasteiger partial charge is 0.341 e. The number of hydrogen-bond acceptors (Lipinski definition) is 6. The van der Waals surface area contributed by atoms with E-state index in [4.69, 9.17) is 0 Å². The van der Waals surface area contributed by atoms with Gasteiger partial charge >= 0.3 is 0 Å². The molecule has 0 bridgehead atoms. The van der Waals surface area contributed by atoms with Gasteiger partial charge in [-0.25, -0.2) is 4.99 Å². The van der Waals surface area contributed by atoms with Crippen molar-refractivity contribution in [1.82, 2.24) is 20.2 Å².